The van der Waals surface area contributed by atoms with Gasteiger partial charge >= 0.3 is 5.97 Å². The zero-order valence-corrected chi connectivity index (χ0v) is 13.0. The minimum absolute atomic E-state index is 0. The Morgan fingerprint density at radius 2 is 1.65 bits per heavy atom. The number of carboxylic acids is 1. The van der Waals surface area contributed by atoms with Gasteiger partial charge in [0.15, 0.2) is 0 Å². The lowest BCUT2D eigenvalue weighted by atomic mass is 10.1. The highest BCUT2D eigenvalue weighted by atomic mass is 35.5. The molecule has 1 aromatic carbocycles. The van der Waals surface area contributed by atoms with Crippen LogP contribution in [0.25, 0.3) is 0 Å². The van der Waals surface area contributed by atoms with Crippen molar-refractivity contribution in [2.75, 3.05) is 29.7 Å². The van der Waals surface area contributed by atoms with Crippen LogP contribution < -0.4 is 11.1 Å². The first kappa shape index (κ1) is 19.0. The molecule has 0 aliphatic carbocycles. The monoisotopic (exact) mass is 320 g/mol. The first-order valence-electron chi connectivity index (χ1n) is 6.35. The molecule has 1 rings (SSSR count). The minimum atomic E-state index is -0.743. The van der Waals surface area contributed by atoms with E-state index in [1.54, 1.807) is 0 Å². The zero-order chi connectivity index (χ0) is 14.1. The molecule has 20 heavy (non-hydrogen) atoms. The van der Waals surface area contributed by atoms with Gasteiger partial charge in [0, 0.05) is 37.0 Å². The second-order valence-electron chi connectivity index (χ2n) is 4.28. The van der Waals surface area contributed by atoms with Crippen molar-refractivity contribution in [1.29, 1.82) is 0 Å². The largest absolute Gasteiger partial charge is 0.481 e. The van der Waals surface area contributed by atoms with E-state index in [4.69, 9.17) is 28.3 Å². The Morgan fingerprint density at radius 1 is 1.10 bits per heavy atom. The summed E-state index contributed by atoms with van der Waals surface area (Å²) in [6.07, 6.45) is 1.67. The van der Waals surface area contributed by atoms with Crippen LogP contribution in [0.3, 0.4) is 0 Å². The maximum Gasteiger partial charge on any atom is 0.303 e. The molecule has 0 aromatic heterocycles. The Hall–Kier alpha value is -0.970. The molecule has 1 aromatic rings. The summed E-state index contributed by atoms with van der Waals surface area (Å²) in [6.45, 7) is 1.54. The van der Waals surface area contributed by atoms with Gasteiger partial charge in [0.05, 0.1) is 0 Å². The Kier molecular flexibility index (Phi) is 10.3. The Bertz CT molecular complexity index is 379. The molecule has 0 aliphatic heterocycles. The van der Waals surface area contributed by atoms with Crippen LogP contribution in [-0.2, 0) is 11.2 Å². The van der Waals surface area contributed by atoms with Crippen LogP contribution in [0.1, 0.15) is 18.4 Å². The van der Waals surface area contributed by atoms with Crippen LogP contribution >= 0.6 is 23.2 Å². The Morgan fingerprint density at radius 3 is 2.10 bits per heavy atom. The number of hydrogen-bond donors (Lipinski definition) is 2. The average molecular weight is 321 g/mol. The van der Waals surface area contributed by atoms with E-state index in [1.165, 1.54) is 0 Å². The number of aryl methyl sites for hydroxylation is 1. The number of carboxylic acid groups (broad SMARTS) is 1. The van der Waals surface area contributed by atoms with E-state index in [1.807, 2.05) is 24.3 Å². The highest BCUT2D eigenvalue weighted by Crippen LogP contribution is 2.16. The molecular weight excluding hydrogens is 299 g/mol. The molecule has 0 heterocycles. The fourth-order valence-corrected chi connectivity index (χ4v) is 2.30. The molecule has 0 fully saturated rings. The highest BCUT2D eigenvalue weighted by Gasteiger charge is 2.05. The molecule has 0 unspecified atom stereocenters. The predicted molar refractivity (Wildman–Crippen MR) is 85.7 cm³/mol. The number of carbonyl (C=O) groups is 1. The number of alkyl halides is 2. The minimum Gasteiger partial charge on any atom is -0.481 e. The summed E-state index contributed by atoms with van der Waals surface area (Å²) in [5.41, 5.74) is 2.25. The number of halogens is 2. The lowest BCUT2D eigenvalue weighted by molar-refractivity contribution is -0.137. The van der Waals surface area contributed by atoms with Crippen LogP contribution in [0.4, 0.5) is 5.69 Å². The number of nitrogens with zero attached hydrogens (tertiary/aromatic N) is 1. The van der Waals surface area contributed by atoms with E-state index in [-0.39, 0.29) is 12.6 Å². The molecule has 6 heteroatoms. The SMILES string of the molecule is N.O=C(O)CCCc1ccc(N(CCCl)CCCl)cc1. The molecular formula is C14H22Cl2N2O2. The van der Waals surface area contributed by atoms with Crippen molar-refractivity contribution in [3.8, 4) is 0 Å². The molecule has 0 amide bonds. The standard InChI is InChI=1S/C14H19Cl2NO2.H3N/c15-8-10-17(11-9-16)13-6-4-12(5-7-13)2-1-3-14(18)19;/h4-7H,1-3,8-11H2,(H,18,19);1H3. The summed E-state index contributed by atoms with van der Waals surface area (Å²) >= 11 is 11.5. The highest BCUT2D eigenvalue weighted by molar-refractivity contribution is 6.18. The van der Waals surface area contributed by atoms with Gasteiger partial charge < -0.3 is 16.2 Å². The Labute approximate surface area is 130 Å². The molecule has 0 saturated carbocycles. The van der Waals surface area contributed by atoms with Gasteiger partial charge in [-0.1, -0.05) is 12.1 Å². The van der Waals surface area contributed by atoms with Crippen LogP contribution in [0, 0.1) is 0 Å². The lowest BCUT2D eigenvalue weighted by Gasteiger charge is -2.23. The number of benzene rings is 1. The topological polar surface area (TPSA) is 75.5 Å². The van der Waals surface area contributed by atoms with E-state index in [0.717, 1.165) is 30.8 Å². The van der Waals surface area contributed by atoms with Crippen LogP contribution in [-0.4, -0.2) is 35.9 Å². The van der Waals surface area contributed by atoms with Crippen LogP contribution in [0.5, 0.6) is 0 Å². The molecule has 0 spiro atoms. The van der Waals surface area contributed by atoms with Gasteiger partial charge in [-0.3, -0.25) is 4.79 Å². The number of rotatable bonds is 9. The molecule has 0 aliphatic rings. The van der Waals surface area contributed by atoms with Crippen molar-refractivity contribution >= 4 is 34.9 Å². The van der Waals surface area contributed by atoms with Crippen molar-refractivity contribution in [2.45, 2.75) is 19.3 Å². The van der Waals surface area contributed by atoms with Crippen molar-refractivity contribution in [3.63, 3.8) is 0 Å². The van der Waals surface area contributed by atoms with Gasteiger partial charge in [0.25, 0.3) is 0 Å². The summed E-state index contributed by atoms with van der Waals surface area (Å²) in [5, 5.41) is 8.59. The molecule has 0 atom stereocenters. The summed E-state index contributed by atoms with van der Waals surface area (Å²) < 4.78 is 0. The van der Waals surface area contributed by atoms with Crippen molar-refractivity contribution in [2.24, 2.45) is 0 Å². The molecule has 4 nitrogen and oxygen atoms in total. The number of anilines is 1. The molecule has 0 saturated heterocycles. The van der Waals surface area contributed by atoms with Crippen molar-refractivity contribution in [3.05, 3.63) is 29.8 Å². The summed E-state index contributed by atoms with van der Waals surface area (Å²) in [4.78, 5) is 12.6. The van der Waals surface area contributed by atoms with Crippen LogP contribution in [0.2, 0.25) is 0 Å². The lowest BCUT2D eigenvalue weighted by Crippen LogP contribution is -2.27. The third-order valence-electron chi connectivity index (χ3n) is 2.87. The summed E-state index contributed by atoms with van der Waals surface area (Å²) in [6, 6.07) is 8.14. The predicted octanol–water partition coefficient (Wildman–Crippen LogP) is 3.54. The zero-order valence-electron chi connectivity index (χ0n) is 11.5. The van der Waals surface area contributed by atoms with Gasteiger partial charge in [-0.2, -0.15) is 0 Å². The fourth-order valence-electron chi connectivity index (χ4n) is 1.89. The third kappa shape index (κ3) is 6.98. The quantitative estimate of drug-likeness (QED) is 0.682. The number of aliphatic carboxylic acids is 1. The molecule has 4 N–H and O–H groups in total. The third-order valence-corrected chi connectivity index (χ3v) is 3.20. The van der Waals surface area contributed by atoms with E-state index >= 15 is 0 Å². The first-order valence-corrected chi connectivity index (χ1v) is 7.42. The van der Waals surface area contributed by atoms with E-state index < -0.39 is 5.97 Å². The molecule has 0 bridgehead atoms. The smallest absolute Gasteiger partial charge is 0.303 e. The second-order valence-corrected chi connectivity index (χ2v) is 5.03. The average Bonchev–Trinajstić information content (AvgIpc) is 2.39. The van der Waals surface area contributed by atoms with Gasteiger partial charge in [-0.25, -0.2) is 0 Å². The van der Waals surface area contributed by atoms with Gasteiger partial charge in [-0.05, 0) is 30.5 Å². The van der Waals surface area contributed by atoms with Gasteiger partial charge in [0.2, 0.25) is 0 Å². The van der Waals surface area contributed by atoms with E-state index in [0.29, 0.717) is 18.2 Å². The first-order chi connectivity index (χ1) is 9.17. The Balaban J connectivity index is 0.00000361. The normalized spacial score (nSPS) is 9.90. The second kappa shape index (κ2) is 10.8. The maximum absolute atomic E-state index is 10.4. The summed E-state index contributed by atoms with van der Waals surface area (Å²) in [5.74, 6) is 0.390. The van der Waals surface area contributed by atoms with E-state index in [9.17, 15) is 4.79 Å². The molecule has 114 valence electrons. The fraction of sp³-hybridized carbons (Fsp3) is 0.500. The number of hydrogen-bond acceptors (Lipinski definition) is 3. The van der Waals surface area contributed by atoms with Crippen molar-refractivity contribution in [1.82, 2.24) is 6.15 Å². The van der Waals surface area contributed by atoms with E-state index in [2.05, 4.69) is 4.90 Å². The van der Waals surface area contributed by atoms with Gasteiger partial charge in [-0.15, -0.1) is 23.2 Å². The molecule has 0 radical (unpaired) electrons. The van der Waals surface area contributed by atoms with Crippen molar-refractivity contribution < 1.29 is 9.90 Å². The van der Waals surface area contributed by atoms with Gasteiger partial charge in [0.1, 0.15) is 0 Å². The van der Waals surface area contributed by atoms with Crippen LogP contribution in [0.15, 0.2) is 24.3 Å². The summed E-state index contributed by atoms with van der Waals surface area (Å²) in [7, 11) is 0. The maximum atomic E-state index is 10.4.